The van der Waals surface area contributed by atoms with Crippen LogP contribution in [0.5, 0.6) is 0 Å². The Kier molecular flexibility index (Phi) is 3.28. The molecule has 0 saturated heterocycles. The van der Waals surface area contributed by atoms with E-state index in [1.807, 2.05) is 5.32 Å². The SMILES string of the molecule is O=C1NC(=O)C(c2ccccc2)=C1OCC(F)(F)F. The minimum absolute atomic E-state index is 0.185. The van der Waals surface area contributed by atoms with E-state index >= 15 is 0 Å². The fourth-order valence-electron chi connectivity index (χ4n) is 1.60. The summed E-state index contributed by atoms with van der Waals surface area (Å²) in [7, 11) is 0. The normalized spacial score (nSPS) is 15.7. The molecule has 0 unspecified atom stereocenters. The smallest absolute Gasteiger partial charge is 0.422 e. The van der Waals surface area contributed by atoms with Gasteiger partial charge >= 0.3 is 6.18 Å². The summed E-state index contributed by atoms with van der Waals surface area (Å²) in [5.41, 5.74) is 0.137. The molecule has 0 aliphatic carbocycles. The molecule has 0 radical (unpaired) electrons. The largest absolute Gasteiger partial charge is 0.478 e. The maximum absolute atomic E-state index is 12.1. The molecule has 100 valence electrons. The van der Waals surface area contributed by atoms with Crippen molar-refractivity contribution in [3.63, 3.8) is 0 Å². The van der Waals surface area contributed by atoms with Gasteiger partial charge in [-0.2, -0.15) is 13.2 Å². The lowest BCUT2D eigenvalue weighted by Gasteiger charge is -2.09. The highest BCUT2D eigenvalue weighted by Gasteiger charge is 2.36. The maximum atomic E-state index is 12.1. The molecule has 1 aromatic rings. The molecule has 1 N–H and O–H groups in total. The van der Waals surface area contributed by atoms with E-state index in [0.717, 1.165) is 0 Å². The molecule has 0 saturated carbocycles. The predicted octanol–water partition coefficient (Wildman–Crippen LogP) is 1.63. The molecule has 1 heterocycles. The van der Waals surface area contributed by atoms with E-state index < -0.39 is 30.4 Å². The molecule has 0 bridgehead atoms. The van der Waals surface area contributed by atoms with Gasteiger partial charge in [-0.25, -0.2) is 0 Å². The zero-order valence-corrected chi connectivity index (χ0v) is 9.45. The van der Waals surface area contributed by atoms with Crippen molar-refractivity contribution in [1.29, 1.82) is 0 Å². The Bertz CT molecular complexity index is 549. The van der Waals surface area contributed by atoms with Crippen molar-refractivity contribution in [3.05, 3.63) is 41.7 Å². The van der Waals surface area contributed by atoms with Gasteiger partial charge in [0.05, 0.1) is 5.57 Å². The summed E-state index contributed by atoms with van der Waals surface area (Å²) in [6, 6.07) is 7.88. The second kappa shape index (κ2) is 4.75. The van der Waals surface area contributed by atoms with Crippen molar-refractivity contribution >= 4 is 17.4 Å². The summed E-state index contributed by atoms with van der Waals surface area (Å²) in [6.07, 6.45) is -4.58. The predicted molar refractivity (Wildman–Crippen MR) is 58.5 cm³/mol. The quantitative estimate of drug-likeness (QED) is 0.850. The molecular formula is C12H8F3NO3. The van der Waals surface area contributed by atoms with E-state index in [4.69, 9.17) is 0 Å². The first-order valence-corrected chi connectivity index (χ1v) is 5.23. The molecule has 7 heteroatoms. The highest BCUT2D eigenvalue weighted by Crippen LogP contribution is 2.26. The molecule has 1 aromatic carbocycles. The number of hydrogen-bond acceptors (Lipinski definition) is 3. The summed E-state index contributed by atoms with van der Waals surface area (Å²) in [4.78, 5) is 23.0. The number of ether oxygens (including phenoxy) is 1. The van der Waals surface area contributed by atoms with Gasteiger partial charge in [0.1, 0.15) is 0 Å². The number of halogens is 3. The van der Waals surface area contributed by atoms with E-state index in [-0.39, 0.29) is 5.57 Å². The number of carbonyl (C=O) groups is 2. The van der Waals surface area contributed by atoms with Gasteiger partial charge in [-0.1, -0.05) is 30.3 Å². The van der Waals surface area contributed by atoms with Crippen LogP contribution >= 0.6 is 0 Å². The van der Waals surface area contributed by atoms with Gasteiger partial charge in [-0.15, -0.1) is 0 Å². The van der Waals surface area contributed by atoms with Crippen molar-refractivity contribution in [2.45, 2.75) is 6.18 Å². The minimum Gasteiger partial charge on any atom is -0.478 e. The van der Waals surface area contributed by atoms with Gasteiger partial charge < -0.3 is 4.74 Å². The van der Waals surface area contributed by atoms with Crippen LogP contribution < -0.4 is 5.32 Å². The van der Waals surface area contributed by atoms with Crippen LogP contribution in [0.2, 0.25) is 0 Å². The lowest BCUT2D eigenvalue weighted by Crippen LogP contribution is -2.25. The van der Waals surface area contributed by atoms with Crippen molar-refractivity contribution in [2.75, 3.05) is 6.61 Å². The van der Waals surface area contributed by atoms with Crippen LogP contribution in [0, 0.1) is 0 Å². The fourth-order valence-corrected chi connectivity index (χ4v) is 1.60. The average molecular weight is 271 g/mol. The second-order valence-corrected chi connectivity index (χ2v) is 3.76. The van der Waals surface area contributed by atoms with Crippen LogP contribution in [0.3, 0.4) is 0 Å². The van der Waals surface area contributed by atoms with Gasteiger partial charge in [0.25, 0.3) is 11.8 Å². The van der Waals surface area contributed by atoms with Gasteiger partial charge in [0, 0.05) is 0 Å². The third-order valence-corrected chi connectivity index (χ3v) is 2.33. The molecule has 19 heavy (non-hydrogen) atoms. The van der Waals surface area contributed by atoms with E-state index in [9.17, 15) is 22.8 Å². The summed E-state index contributed by atoms with van der Waals surface area (Å²) in [6.45, 7) is -1.63. The number of alkyl halides is 3. The maximum Gasteiger partial charge on any atom is 0.422 e. The van der Waals surface area contributed by atoms with Crippen molar-refractivity contribution in [3.8, 4) is 0 Å². The number of carbonyl (C=O) groups excluding carboxylic acids is 2. The Labute approximate surface area is 105 Å². The average Bonchev–Trinajstić information content (AvgIpc) is 2.61. The molecule has 1 aliphatic rings. The Morgan fingerprint density at radius 1 is 1.05 bits per heavy atom. The molecule has 0 fully saturated rings. The van der Waals surface area contributed by atoms with Crippen LogP contribution in [0.4, 0.5) is 13.2 Å². The van der Waals surface area contributed by atoms with Gasteiger partial charge in [-0.05, 0) is 5.56 Å². The number of hydrogen-bond donors (Lipinski definition) is 1. The van der Waals surface area contributed by atoms with Gasteiger partial charge in [0.2, 0.25) is 0 Å². The first kappa shape index (κ1) is 13.1. The highest BCUT2D eigenvalue weighted by molar-refractivity contribution is 6.35. The number of benzene rings is 1. The summed E-state index contributed by atoms with van der Waals surface area (Å²) in [5, 5.41) is 1.91. The van der Waals surface area contributed by atoms with Gasteiger partial charge in [0.15, 0.2) is 12.4 Å². The number of imide groups is 1. The van der Waals surface area contributed by atoms with Gasteiger partial charge in [-0.3, -0.25) is 14.9 Å². The molecule has 2 rings (SSSR count). The fraction of sp³-hybridized carbons (Fsp3) is 0.167. The Morgan fingerprint density at radius 2 is 1.68 bits per heavy atom. The van der Waals surface area contributed by atoms with Crippen LogP contribution in [0.15, 0.2) is 36.1 Å². The molecule has 0 aromatic heterocycles. The number of rotatable bonds is 3. The second-order valence-electron chi connectivity index (χ2n) is 3.76. The minimum atomic E-state index is -4.58. The molecule has 2 amide bonds. The molecule has 0 atom stereocenters. The van der Waals surface area contributed by atoms with E-state index in [1.54, 1.807) is 18.2 Å². The topological polar surface area (TPSA) is 55.4 Å². The lowest BCUT2D eigenvalue weighted by molar-refractivity contribution is -0.166. The first-order valence-electron chi connectivity index (χ1n) is 5.23. The van der Waals surface area contributed by atoms with E-state index in [0.29, 0.717) is 5.56 Å². The third-order valence-electron chi connectivity index (χ3n) is 2.33. The number of nitrogens with one attached hydrogen (secondary N) is 1. The molecule has 1 aliphatic heterocycles. The molecule has 4 nitrogen and oxygen atoms in total. The zero-order chi connectivity index (χ0) is 14.0. The summed E-state index contributed by atoms with van der Waals surface area (Å²) in [5.74, 6) is -2.34. The summed E-state index contributed by atoms with van der Waals surface area (Å²) >= 11 is 0. The monoisotopic (exact) mass is 271 g/mol. The standard InChI is InChI=1S/C12H8F3NO3/c13-12(14,15)6-19-9-8(10(17)16-11(9)18)7-4-2-1-3-5-7/h1-5H,6H2,(H,16,17,18). The zero-order valence-electron chi connectivity index (χ0n) is 9.45. The van der Waals surface area contributed by atoms with E-state index in [2.05, 4.69) is 4.74 Å². The van der Waals surface area contributed by atoms with Crippen LogP contribution in [0.25, 0.3) is 5.57 Å². The Balaban J connectivity index is 2.36. The lowest BCUT2D eigenvalue weighted by atomic mass is 10.1. The van der Waals surface area contributed by atoms with Crippen LogP contribution in [-0.4, -0.2) is 24.6 Å². The van der Waals surface area contributed by atoms with Crippen molar-refractivity contribution in [1.82, 2.24) is 5.32 Å². The highest BCUT2D eigenvalue weighted by atomic mass is 19.4. The molecular weight excluding hydrogens is 263 g/mol. The van der Waals surface area contributed by atoms with Crippen LogP contribution in [0.1, 0.15) is 5.56 Å². The Hall–Kier alpha value is -2.31. The summed E-state index contributed by atoms with van der Waals surface area (Å²) < 4.78 is 40.7. The van der Waals surface area contributed by atoms with Crippen molar-refractivity contribution in [2.24, 2.45) is 0 Å². The van der Waals surface area contributed by atoms with Crippen molar-refractivity contribution < 1.29 is 27.5 Å². The first-order chi connectivity index (χ1) is 8.88. The van der Waals surface area contributed by atoms with E-state index in [1.165, 1.54) is 12.1 Å². The molecule has 0 spiro atoms. The third kappa shape index (κ3) is 2.93. The number of amides is 2. The Morgan fingerprint density at radius 3 is 2.26 bits per heavy atom. The van der Waals surface area contributed by atoms with Crippen LogP contribution in [-0.2, 0) is 14.3 Å².